The summed E-state index contributed by atoms with van der Waals surface area (Å²) in [4.78, 5) is 12.4. The molecule has 1 atom stereocenters. The average Bonchev–Trinajstić information content (AvgIpc) is 2.83. The Hall–Kier alpha value is -2.68. The maximum atomic E-state index is 12.5. The molecule has 0 heterocycles. The van der Waals surface area contributed by atoms with E-state index in [-0.39, 0.29) is 17.4 Å². The van der Waals surface area contributed by atoms with E-state index in [9.17, 15) is 13.2 Å². The van der Waals surface area contributed by atoms with Crippen LogP contribution in [0.5, 0.6) is 5.75 Å². The van der Waals surface area contributed by atoms with Gasteiger partial charge in [0.15, 0.2) is 6.61 Å². The number of ether oxygens (including phenoxy) is 1. The molecule has 0 bridgehead atoms. The molecule has 0 radical (unpaired) electrons. The van der Waals surface area contributed by atoms with Crippen molar-refractivity contribution >= 4 is 37.5 Å². The number of carbonyl (C=O) groups is 1. The van der Waals surface area contributed by atoms with Gasteiger partial charge in [0, 0.05) is 12.2 Å². The Morgan fingerprint density at radius 2 is 1.74 bits per heavy atom. The topological polar surface area (TPSA) is 84.5 Å². The van der Waals surface area contributed by atoms with Crippen LogP contribution in [0.3, 0.4) is 0 Å². The first kappa shape index (κ1) is 25.9. The SMILES string of the molecule is CCC(C)c1ccc(OCC(=O)Nc2ccc(S(=O)(=O)NCCc3ccccc3)cc2)c(Br)c1. The first-order valence-corrected chi connectivity index (χ1v) is 13.4. The van der Waals surface area contributed by atoms with Gasteiger partial charge >= 0.3 is 0 Å². The lowest BCUT2D eigenvalue weighted by Crippen LogP contribution is -2.26. The van der Waals surface area contributed by atoms with Gasteiger partial charge in [-0.1, -0.05) is 50.2 Å². The number of rotatable bonds is 11. The molecule has 0 fully saturated rings. The zero-order chi connectivity index (χ0) is 24.6. The van der Waals surface area contributed by atoms with Gasteiger partial charge in [0.25, 0.3) is 5.91 Å². The second-order valence-corrected chi connectivity index (χ2v) is 10.6. The molecule has 0 saturated heterocycles. The van der Waals surface area contributed by atoms with Crippen LogP contribution in [0.4, 0.5) is 5.69 Å². The summed E-state index contributed by atoms with van der Waals surface area (Å²) in [5.74, 6) is 0.694. The monoisotopic (exact) mass is 544 g/mol. The quantitative estimate of drug-likeness (QED) is 0.333. The predicted octanol–water partition coefficient (Wildman–Crippen LogP) is 5.50. The molecule has 0 aliphatic rings. The van der Waals surface area contributed by atoms with Crippen molar-refractivity contribution in [2.45, 2.75) is 37.5 Å². The zero-order valence-corrected chi connectivity index (χ0v) is 21.7. The Morgan fingerprint density at radius 3 is 2.38 bits per heavy atom. The van der Waals surface area contributed by atoms with Gasteiger partial charge in [-0.05, 0) is 82.2 Å². The molecule has 1 unspecified atom stereocenters. The van der Waals surface area contributed by atoms with Crippen molar-refractivity contribution in [3.05, 3.63) is 88.4 Å². The highest BCUT2D eigenvalue weighted by molar-refractivity contribution is 9.10. The number of benzene rings is 3. The fourth-order valence-corrected chi connectivity index (χ4v) is 4.83. The molecule has 0 aromatic heterocycles. The number of nitrogens with one attached hydrogen (secondary N) is 2. The average molecular weight is 545 g/mol. The predicted molar refractivity (Wildman–Crippen MR) is 139 cm³/mol. The minimum atomic E-state index is -3.63. The Balaban J connectivity index is 1.50. The van der Waals surface area contributed by atoms with E-state index in [4.69, 9.17) is 4.74 Å². The maximum absolute atomic E-state index is 12.5. The number of halogens is 1. The number of amides is 1. The lowest BCUT2D eigenvalue weighted by molar-refractivity contribution is -0.118. The molecular weight excluding hydrogens is 516 g/mol. The van der Waals surface area contributed by atoms with Crippen molar-refractivity contribution in [3.8, 4) is 5.75 Å². The van der Waals surface area contributed by atoms with E-state index < -0.39 is 10.0 Å². The number of anilines is 1. The van der Waals surface area contributed by atoms with Gasteiger partial charge in [0.05, 0.1) is 9.37 Å². The van der Waals surface area contributed by atoms with Crippen LogP contribution >= 0.6 is 15.9 Å². The molecule has 0 saturated carbocycles. The van der Waals surface area contributed by atoms with Gasteiger partial charge in [-0.15, -0.1) is 0 Å². The van der Waals surface area contributed by atoms with Gasteiger partial charge in [-0.2, -0.15) is 0 Å². The molecular formula is C26H29BrN2O4S. The summed E-state index contributed by atoms with van der Waals surface area (Å²) in [5, 5.41) is 2.72. The molecule has 3 aromatic rings. The molecule has 1 amide bonds. The van der Waals surface area contributed by atoms with Gasteiger partial charge in [-0.3, -0.25) is 4.79 Å². The molecule has 6 nitrogen and oxygen atoms in total. The van der Waals surface area contributed by atoms with Gasteiger partial charge in [-0.25, -0.2) is 13.1 Å². The van der Waals surface area contributed by atoms with Crippen LogP contribution in [0.1, 0.15) is 37.3 Å². The lowest BCUT2D eigenvalue weighted by atomic mass is 9.99. The Kier molecular flexibility index (Phi) is 9.27. The minimum absolute atomic E-state index is 0.139. The van der Waals surface area contributed by atoms with E-state index in [0.29, 0.717) is 30.3 Å². The number of hydrogen-bond acceptors (Lipinski definition) is 4. The standard InChI is InChI=1S/C26H29BrN2O4S/c1-3-19(2)21-9-14-25(24(27)17-21)33-18-26(30)29-22-10-12-23(13-11-22)34(31,32)28-16-15-20-7-5-4-6-8-20/h4-14,17,19,28H,3,15-16,18H2,1-2H3,(H,29,30). The van der Waals surface area contributed by atoms with Gasteiger partial charge in [0.2, 0.25) is 10.0 Å². The molecule has 180 valence electrons. The molecule has 2 N–H and O–H groups in total. The van der Waals surface area contributed by atoms with Crippen LogP contribution in [0.25, 0.3) is 0 Å². The van der Waals surface area contributed by atoms with Crippen molar-refractivity contribution < 1.29 is 17.9 Å². The smallest absolute Gasteiger partial charge is 0.262 e. The third-order valence-corrected chi connectivity index (χ3v) is 7.59. The Bertz CT molecular complexity index is 1200. The normalized spacial score (nSPS) is 12.2. The van der Waals surface area contributed by atoms with Crippen LogP contribution < -0.4 is 14.8 Å². The van der Waals surface area contributed by atoms with Crippen molar-refractivity contribution in [2.24, 2.45) is 0 Å². The summed E-state index contributed by atoms with van der Waals surface area (Å²) >= 11 is 3.50. The maximum Gasteiger partial charge on any atom is 0.262 e. The first-order chi connectivity index (χ1) is 16.3. The van der Waals surface area contributed by atoms with Crippen LogP contribution in [-0.4, -0.2) is 27.5 Å². The fourth-order valence-electron chi connectivity index (χ4n) is 3.29. The minimum Gasteiger partial charge on any atom is -0.483 e. The zero-order valence-electron chi connectivity index (χ0n) is 19.3. The van der Waals surface area contributed by atoms with Gasteiger partial charge < -0.3 is 10.1 Å². The van der Waals surface area contributed by atoms with Crippen LogP contribution in [0.15, 0.2) is 82.2 Å². The molecule has 3 aromatic carbocycles. The van der Waals surface area contributed by atoms with E-state index in [2.05, 4.69) is 39.8 Å². The van der Waals surface area contributed by atoms with E-state index in [0.717, 1.165) is 16.5 Å². The Morgan fingerprint density at radius 1 is 1.03 bits per heavy atom. The third kappa shape index (κ3) is 7.41. The van der Waals surface area contributed by atoms with E-state index in [1.807, 2.05) is 48.5 Å². The highest BCUT2D eigenvalue weighted by Crippen LogP contribution is 2.30. The van der Waals surface area contributed by atoms with Gasteiger partial charge in [0.1, 0.15) is 5.75 Å². The summed E-state index contributed by atoms with van der Waals surface area (Å²) in [6.45, 7) is 4.43. The molecule has 0 aliphatic carbocycles. The summed E-state index contributed by atoms with van der Waals surface area (Å²) < 4.78 is 34.1. The first-order valence-electron chi connectivity index (χ1n) is 11.1. The molecule has 3 rings (SSSR count). The summed E-state index contributed by atoms with van der Waals surface area (Å²) in [5.41, 5.74) is 2.75. The van der Waals surface area contributed by atoms with Crippen LogP contribution in [0.2, 0.25) is 0 Å². The third-order valence-electron chi connectivity index (χ3n) is 5.49. The summed E-state index contributed by atoms with van der Waals surface area (Å²) in [6, 6.07) is 21.6. The van der Waals surface area contributed by atoms with E-state index in [1.165, 1.54) is 17.7 Å². The van der Waals surface area contributed by atoms with Crippen molar-refractivity contribution in [3.63, 3.8) is 0 Å². The molecule has 0 spiro atoms. The highest BCUT2D eigenvalue weighted by atomic mass is 79.9. The van der Waals surface area contributed by atoms with Crippen molar-refractivity contribution in [2.75, 3.05) is 18.5 Å². The highest BCUT2D eigenvalue weighted by Gasteiger charge is 2.14. The largest absolute Gasteiger partial charge is 0.483 e. The fraction of sp³-hybridized carbons (Fsp3) is 0.269. The molecule has 0 aliphatic heterocycles. The van der Waals surface area contributed by atoms with E-state index >= 15 is 0 Å². The van der Waals surface area contributed by atoms with Crippen LogP contribution in [0, 0.1) is 0 Å². The molecule has 34 heavy (non-hydrogen) atoms. The number of carbonyl (C=O) groups excluding carboxylic acids is 1. The summed E-state index contributed by atoms with van der Waals surface area (Å²) in [7, 11) is -3.63. The lowest BCUT2D eigenvalue weighted by Gasteiger charge is -2.13. The Labute approximate surface area is 209 Å². The van der Waals surface area contributed by atoms with Crippen molar-refractivity contribution in [1.29, 1.82) is 0 Å². The molecule has 8 heteroatoms. The second-order valence-electron chi connectivity index (χ2n) is 7.99. The second kappa shape index (κ2) is 12.1. The van der Waals surface area contributed by atoms with E-state index in [1.54, 1.807) is 12.1 Å². The summed E-state index contributed by atoms with van der Waals surface area (Å²) in [6.07, 6.45) is 1.64. The van der Waals surface area contributed by atoms with Crippen molar-refractivity contribution in [1.82, 2.24) is 4.72 Å². The van der Waals surface area contributed by atoms with Crippen LogP contribution in [-0.2, 0) is 21.2 Å². The number of hydrogen-bond donors (Lipinski definition) is 2. The number of sulfonamides is 1.